The van der Waals surface area contributed by atoms with Crippen LogP contribution >= 0.6 is 11.3 Å². The molecule has 2 aromatic rings. The summed E-state index contributed by atoms with van der Waals surface area (Å²) >= 11 is 1.76. The molecule has 1 aromatic heterocycles. The van der Waals surface area contributed by atoms with Crippen LogP contribution in [-0.2, 0) is 6.54 Å². The van der Waals surface area contributed by atoms with Crippen molar-refractivity contribution >= 4 is 11.3 Å². The number of hydrogen-bond donors (Lipinski definition) is 1. The fraction of sp³-hybridized carbons (Fsp3) is 0.375. The maximum Gasteiger partial charge on any atom is 0.122 e. The summed E-state index contributed by atoms with van der Waals surface area (Å²) < 4.78 is 5.78. The molecule has 0 spiro atoms. The fourth-order valence-electron chi connectivity index (χ4n) is 2.23. The lowest BCUT2D eigenvalue weighted by Crippen LogP contribution is -2.06. The molecule has 1 heterocycles. The fourth-order valence-corrected chi connectivity index (χ4v) is 3.13. The first kappa shape index (κ1) is 14.1. The number of aryl methyl sites for hydroxylation is 2. The monoisotopic (exact) mass is 275 g/mol. The van der Waals surface area contributed by atoms with Crippen molar-refractivity contribution in [1.82, 2.24) is 0 Å². The Hall–Kier alpha value is -1.32. The zero-order valence-electron chi connectivity index (χ0n) is 12.0. The van der Waals surface area contributed by atoms with Crippen LogP contribution in [0.15, 0.2) is 23.6 Å². The Morgan fingerprint density at radius 2 is 2.00 bits per heavy atom. The molecule has 0 fully saturated rings. The number of benzene rings is 1. The van der Waals surface area contributed by atoms with Crippen LogP contribution in [0, 0.1) is 13.8 Å². The highest BCUT2D eigenvalue weighted by molar-refractivity contribution is 7.10. The SMILES string of the molecule is Cc1cc(-c2c(CN)csc2C)ccc1OC(C)C. The lowest BCUT2D eigenvalue weighted by molar-refractivity contribution is 0.241. The van der Waals surface area contributed by atoms with E-state index in [0.29, 0.717) is 6.54 Å². The molecule has 0 saturated carbocycles. The van der Waals surface area contributed by atoms with Gasteiger partial charge in [-0.15, -0.1) is 11.3 Å². The number of ether oxygens (including phenoxy) is 1. The lowest BCUT2D eigenvalue weighted by Gasteiger charge is -2.14. The number of thiophene rings is 1. The largest absolute Gasteiger partial charge is 0.491 e. The maximum absolute atomic E-state index is 5.82. The van der Waals surface area contributed by atoms with Crippen molar-refractivity contribution in [3.05, 3.63) is 39.6 Å². The molecule has 0 aliphatic heterocycles. The van der Waals surface area contributed by atoms with Crippen LogP contribution in [0.5, 0.6) is 5.75 Å². The van der Waals surface area contributed by atoms with Gasteiger partial charge in [-0.05, 0) is 67.5 Å². The van der Waals surface area contributed by atoms with Crippen LogP contribution in [0.4, 0.5) is 0 Å². The molecule has 0 radical (unpaired) electrons. The first-order valence-electron chi connectivity index (χ1n) is 6.57. The van der Waals surface area contributed by atoms with Crippen LogP contribution in [0.25, 0.3) is 11.1 Å². The van der Waals surface area contributed by atoms with Gasteiger partial charge in [-0.1, -0.05) is 6.07 Å². The molecular formula is C16H21NOS. The molecule has 0 amide bonds. The standard InChI is InChI=1S/C16H21NOS/c1-10(2)18-15-6-5-13(7-11(15)3)16-12(4)19-9-14(16)8-17/h5-7,9-10H,8,17H2,1-4H3. The van der Waals surface area contributed by atoms with E-state index in [1.165, 1.54) is 27.1 Å². The second-order valence-corrected chi connectivity index (χ2v) is 6.13. The van der Waals surface area contributed by atoms with Crippen LogP contribution in [0.2, 0.25) is 0 Å². The third-order valence-electron chi connectivity index (χ3n) is 3.10. The predicted octanol–water partition coefficient (Wildman–Crippen LogP) is 4.28. The molecule has 2 N–H and O–H groups in total. The van der Waals surface area contributed by atoms with E-state index in [2.05, 4.69) is 37.4 Å². The summed E-state index contributed by atoms with van der Waals surface area (Å²) in [6.07, 6.45) is 0.201. The Kier molecular flexibility index (Phi) is 4.27. The highest BCUT2D eigenvalue weighted by atomic mass is 32.1. The second-order valence-electron chi connectivity index (χ2n) is 5.04. The van der Waals surface area contributed by atoms with E-state index in [-0.39, 0.29) is 6.10 Å². The third kappa shape index (κ3) is 2.99. The molecule has 3 heteroatoms. The van der Waals surface area contributed by atoms with Crippen LogP contribution < -0.4 is 10.5 Å². The Balaban J connectivity index is 2.41. The molecule has 2 nitrogen and oxygen atoms in total. The average molecular weight is 275 g/mol. The number of nitrogens with two attached hydrogens (primary N) is 1. The van der Waals surface area contributed by atoms with Gasteiger partial charge in [-0.2, -0.15) is 0 Å². The molecule has 0 aliphatic carbocycles. The quantitative estimate of drug-likeness (QED) is 0.904. The predicted molar refractivity (Wildman–Crippen MR) is 82.9 cm³/mol. The van der Waals surface area contributed by atoms with Gasteiger partial charge in [-0.25, -0.2) is 0 Å². The van der Waals surface area contributed by atoms with Gasteiger partial charge < -0.3 is 10.5 Å². The van der Waals surface area contributed by atoms with E-state index in [1.54, 1.807) is 11.3 Å². The molecular weight excluding hydrogens is 254 g/mol. The van der Waals surface area contributed by atoms with E-state index in [0.717, 1.165) is 5.75 Å². The molecule has 0 atom stereocenters. The molecule has 0 saturated heterocycles. The van der Waals surface area contributed by atoms with E-state index in [4.69, 9.17) is 10.5 Å². The lowest BCUT2D eigenvalue weighted by atomic mass is 10.00. The van der Waals surface area contributed by atoms with E-state index in [9.17, 15) is 0 Å². The van der Waals surface area contributed by atoms with Gasteiger partial charge in [0, 0.05) is 11.4 Å². The summed E-state index contributed by atoms with van der Waals surface area (Å²) in [6.45, 7) is 8.91. The third-order valence-corrected chi connectivity index (χ3v) is 4.06. The number of rotatable bonds is 4. The van der Waals surface area contributed by atoms with Gasteiger partial charge in [0.15, 0.2) is 0 Å². The highest BCUT2D eigenvalue weighted by Crippen LogP contribution is 2.34. The summed E-state index contributed by atoms with van der Waals surface area (Å²) in [4.78, 5) is 1.32. The van der Waals surface area contributed by atoms with E-state index in [1.807, 2.05) is 13.8 Å². The van der Waals surface area contributed by atoms with Crippen molar-refractivity contribution in [2.24, 2.45) is 5.73 Å². The molecule has 2 rings (SSSR count). The molecule has 0 aliphatic rings. The van der Waals surface area contributed by atoms with Crippen molar-refractivity contribution in [2.45, 2.75) is 40.3 Å². The minimum absolute atomic E-state index is 0.201. The van der Waals surface area contributed by atoms with Crippen molar-refractivity contribution in [1.29, 1.82) is 0 Å². The number of hydrogen-bond acceptors (Lipinski definition) is 3. The van der Waals surface area contributed by atoms with Crippen molar-refractivity contribution in [3.63, 3.8) is 0 Å². The summed E-state index contributed by atoms with van der Waals surface area (Å²) in [5, 5.41) is 2.15. The molecule has 1 aromatic carbocycles. The van der Waals surface area contributed by atoms with Crippen molar-refractivity contribution in [2.75, 3.05) is 0 Å². The Morgan fingerprint density at radius 1 is 1.26 bits per heavy atom. The smallest absolute Gasteiger partial charge is 0.122 e. The summed E-state index contributed by atoms with van der Waals surface area (Å²) in [6, 6.07) is 6.37. The Labute approximate surface area is 119 Å². The zero-order valence-corrected chi connectivity index (χ0v) is 12.8. The zero-order chi connectivity index (χ0) is 14.0. The minimum Gasteiger partial charge on any atom is -0.491 e. The van der Waals surface area contributed by atoms with Crippen molar-refractivity contribution < 1.29 is 4.74 Å². The Bertz CT molecular complexity index is 572. The molecule has 102 valence electrons. The van der Waals surface area contributed by atoms with Crippen LogP contribution in [0.3, 0.4) is 0 Å². The highest BCUT2D eigenvalue weighted by Gasteiger charge is 2.11. The first-order valence-corrected chi connectivity index (χ1v) is 7.45. The summed E-state index contributed by atoms with van der Waals surface area (Å²) in [7, 11) is 0. The maximum atomic E-state index is 5.82. The minimum atomic E-state index is 0.201. The Morgan fingerprint density at radius 3 is 2.58 bits per heavy atom. The normalized spacial score (nSPS) is 11.1. The molecule has 19 heavy (non-hydrogen) atoms. The van der Waals surface area contributed by atoms with Crippen molar-refractivity contribution in [3.8, 4) is 16.9 Å². The topological polar surface area (TPSA) is 35.2 Å². The van der Waals surface area contributed by atoms with Gasteiger partial charge >= 0.3 is 0 Å². The van der Waals surface area contributed by atoms with Gasteiger partial charge in [0.2, 0.25) is 0 Å². The molecule has 0 bridgehead atoms. The van der Waals surface area contributed by atoms with Gasteiger partial charge in [-0.3, -0.25) is 0 Å². The summed E-state index contributed by atoms with van der Waals surface area (Å²) in [5.41, 5.74) is 10.7. The molecule has 0 unspecified atom stereocenters. The first-order chi connectivity index (χ1) is 9.02. The van der Waals surface area contributed by atoms with Crippen LogP contribution in [0.1, 0.15) is 29.9 Å². The second kappa shape index (κ2) is 5.76. The van der Waals surface area contributed by atoms with Crippen LogP contribution in [-0.4, -0.2) is 6.10 Å². The van der Waals surface area contributed by atoms with E-state index < -0.39 is 0 Å². The van der Waals surface area contributed by atoms with Gasteiger partial charge in [0.1, 0.15) is 5.75 Å². The summed E-state index contributed by atoms with van der Waals surface area (Å²) in [5.74, 6) is 0.959. The average Bonchev–Trinajstić information content (AvgIpc) is 2.72. The van der Waals surface area contributed by atoms with E-state index >= 15 is 0 Å². The van der Waals surface area contributed by atoms with Gasteiger partial charge in [0.05, 0.1) is 6.10 Å². The van der Waals surface area contributed by atoms with Gasteiger partial charge in [0.25, 0.3) is 0 Å².